The maximum absolute atomic E-state index is 12.6. The molecule has 0 fully saturated rings. The summed E-state index contributed by atoms with van der Waals surface area (Å²) in [7, 11) is 0. The Balaban J connectivity index is 1.56. The Hall–Kier alpha value is -2.62. The third kappa shape index (κ3) is 3.16. The monoisotopic (exact) mass is 333 g/mol. The third-order valence-electron chi connectivity index (χ3n) is 4.89. The second-order valence-corrected chi connectivity index (χ2v) is 6.74. The molecule has 128 valence electrons. The summed E-state index contributed by atoms with van der Waals surface area (Å²) in [5.74, 6) is 0.978. The van der Waals surface area contributed by atoms with Gasteiger partial charge in [-0.2, -0.15) is 0 Å². The first-order chi connectivity index (χ1) is 12.2. The van der Waals surface area contributed by atoms with E-state index < -0.39 is 0 Å². The fourth-order valence-electron chi connectivity index (χ4n) is 3.71. The summed E-state index contributed by atoms with van der Waals surface area (Å²) in [4.78, 5) is 17.3. The van der Waals surface area contributed by atoms with Gasteiger partial charge in [-0.1, -0.05) is 25.1 Å². The average Bonchev–Trinajstić information content (AvgIpc) is 3.20. The van der Waals surface area contributed by atoms with Crippen LogP contribution in [0.5, 0.6) is 0 Å². The number of para-hydroxylation sites is 2. The largest absolute Gasteiger partial charge is 0.325 e. The van der Waals surface area contributed by atoms with Crippen LogP contribution < -0.4 is 5.32 Å². The van der Waals surface area contributed by atoms with Gasteiger partial charge in [-0.25, -0.2) is 4.98 Å². The van der Waals surface area contributed by atoms with Gasteiger partial charge >= 0.3 is 0 Å². The summed E-state index contributed by atoms with van der Waals surface area (Å²) in [5.41, 5.74) is 5.67. The van der Waals surface area contributed by atoms with E-state index in [9.17, 15) is 4.79 Å². The van der Waals surface area contributed by atoms with Crippen LogP contribution in [0.15, 0.2) is 42.5 Å². The van der Waals surface area contributed by atoms with Crippen LogP contribution in [0, 0.1) is 0 Å². The number of fused-ring (bicyclic) bond motifs is 2. The van der Waals surface area contributed by atoms with Gasteiger partial charge in [-0.3, -0.25) is 4.79 Å². The molecule has 0 atom stereocenters. The Kier molecular flexibility index (Phi) is 4.26. The van der Waals surface area contributed by atoms with Crippen molar-refractivity contribution in [3.8, 4) is 0 Å². The van der Waals surface area contributed by atoms with Gasteiger partial charge in [0.2, 0.25) is 5.91 Å². The molecule has 0 aliphatic heterocycles. The molecule has 0 bridgehead atoms. The zero-order chi connectivity index (χ0) is 17.2. The summed E-state index contributed by atoms with van der Waals surface area (Å²) < 4.78 is 2.04. The molecule has 0 spiro atoms. The van der Waals surface area contributed by atoms with Crippen LogP contribution in [0.2, 0.25) is 0 Å². The van der Waals surface area contributed by atoms with E-state index in [1.165, 1.54) is 17.5 Å². The number of rotatable bonds is 5. The second-order valence-electron chi connectivity index (χ2n) is 6.74. The number of imidazole rings is 1. The van der Waals surface area contributed by atoms with E-state index in [1.54, 1.807) is 0 Å². The van der Waals surface area contributed by atoms with Crippen LogP contribution in [-0.4, -0.2) is 15.5 Å². The number of amides is 1. The van der Waals surface area contributed by atoms with Gasteiger partial charge in [0, 0.05) is 12.1 Å². The van der Waals surface area contributed by atoms with Crippen molar-refractivity contribution < 1.29 is 4.79 Å². The van der Waals surface area contributed by atoms with Crippen molar-refractivity contribution in [3.63, 3.8) is 0 Å². The molecule has 1 heterocycles. The third-order valence-corrected chi connectivity index (χ3v) is 4.89. The molecule has 0 unspecified atom stereocenters. The highest BCUT2D eigenvalue weighted by atomic mass is 16.1. The Morgan fingerprint density at radius 2 is 2.00 bits per heavy atom. The highest BCUT2D eigenvalue weighted by molar-refractivity contribution is 5.92. The van der Waals surface area contributed by atoms with E-state index in [0.29, 0.717) is 6.54 Å². The highest BCUT2D eigenvalue weighted by Gasteiger charge is 2.15. The van der Waals surface area contributed by atoms with Crippen LogP contribution >= 0.6 is 0 Å². The van der Waals surface area contributed by atoms with Crippen molar-refractivity contribution in [3.05, 3.63) is 59.4 Å². The summed E-state index contributed by atoms with van der Waals surface area (Å²) >= 11 is 0. The molecule has 2 aromatic carbocycles. The summed E-state index contributed by atoms with van der Waals surface area (Å²) in [5, 5.41) is 3.06. The Morgan fingerprint density at radius 3 is 2.88 bits per heavy atom. The van der Waals surface area contributed by atoms with Gasteiger partial charge in [0.05, 0.1) is 11.0 Å². The zero-order valence-electron chi connectivity index (χ0n) is 14.6. The normalized spacial score (nSPS) is 13.2. The number of hydrogen-bond donors (Lipinski definition) is 1. The number of hydrogen-bond acceptors (Lipinski definition) is 2. The average molecular weight is 333 g/mol. The van der Waals surface area contributed by atoms with Crippen LogP contribution in [0.3, 0.4) is 0 Å². The lowest BCUT2D eigenvalue weighted by Gasteiger charge is -2.11. The second kappa shape index (κ2) is 6.71. The molecule has 4 nitrogen and oxygen atoms in total. The van der Waals surface area contributed by atoms with E-state index in [0.717, 1.165) is 48.2 Å². The van der Waals surface area contributed by atoms with E-state index in [1.807, 2.05) is 34.9 Å². The maximum atomic E-state index is 12.6. The topological polar surface area (TPSA) is 46.9 Å². The number of nitrogens with zero attached hydrogens (tertiary/aromatic N) is 2. The number of aryl methyl sites for hydroxylation is 3. The first-order valence-electron chi connectivity index (χ1n) is 9.10. The number of aromatic nitrogens is 2. The zero-order valence-corrected chi connectivity index (χ0v) is 14.6. The lowest BCUT2D eigenvalue weighted by Crippen LogP contribution is -2.20. The lowest BCUT2D eigenvalue weighted by atomic mass is 10.1. The Bertz CT molecular complexity index is 926. The minimum absolute atomic E-state index is 0.00143. The molecular formula is C21H23N3O. The maximum Gasteiger partial charge on any atom is 0.244 e. The van der Waals surface area contributed by atoms with Crippen molar-refractivity contribution in [2.75, 3.05) is 5.32 Å². The number of carbonyl (C=O) groups is 1. The molecular weight excluding hydrogens is 310 g/mol. The van der Waals surface area contributed by atoms with Crippen LogP contribution in [-0.2, 0) is 30.6 Å². The minimum Gasteiger partial charge on any atom is -0.325 e. The Morgan fingerprint density at radius 1 is 1.16 bits per heavy atom. The van der Waals surface area contributed by atoms with Gasteiger partial charge in [0.1, 0.15) is 12.4 Å². The SMILES string of the molecule is CCCc1nc2ccccc2n1CC(=O)Nc1ccc2c(c1)CCC2. The molecule has 4 heteroatoms. The first-order valence-corrected chi connectivity index (χ1v) is 9.10. The van der Waals surface area contributed by atoms with Crippen molar-refractivity contribution in [2.24, 2.45) is 0 Å². The van der Waals surface area contributed by atoms with Crippen molar-refractivity contribution in [1.29, 1.82) is 0 Å². The summed E-state index contributed by atoms with van der Waals surface area (Å²) in [6.07, 6.45) is 5.38. The minimum atomic E-state index is -0.00143. The molecule has 0 saturated carbocycles. The molecule has 1 aliphatic carbocycles. The summed E-state index contributed by atoms with van der Waals surface area (Å²) in [6.45, 7) is 2.43. The van der Waals surface area contributed by atoms with Crippen LogP contribution in [0.1, 0.15) is 36.7 Å². The molecule has 0 radical (unpaired) electrons. The lowest BCUT2D eigenvalue weighted by molar-refractivity contribution is -0.116. The van der Waals surface area contributed by atoms with E-state index in [-0.39, 0.29) is 5.91 Å². The predicted molar refractivity (Wildman–Crippen MR) is 101 cm³/mol. The van der Waals surface area contributed by atoms with Gasteiger partial charge < -0.3 is 9.88 Å². The number of nitrogens with one attached hydrogen (secondary N) is 1. The van der Waals surface area contributed by atoms with Crippen LogP contribution in [0.4, 0.5) is 5.69 Å². The quantitative estimate of drug-likeness (QED) is 0.763. The van der Waals surface area contributed by atoms with Crippen molar-refractivity contribution in [2.45, 2.75) is 45.6 Å². The number of carbonyl (C=O) groups excluding carboxylic acids is 1. The van der Waals surface area contributed by atoms with Crippen LogP contribution in [0.25, 0.3) is 11.0 Å². The van der Waals surface area contributed by atoms with Gasteiger partial charge in [0.15, 0.2) is 0 Å². The van der Waals surface area contributed by atoms with Crippen molar-refractivity contribution >= 4 is 22.6 Å². The predicted octanol–water partition coefficient (Wildman–Crippen LogP) is 4.12. The van der Waals surface area contributed by atoms with Gasteiger partial charge in [-0.05, 0) is 61.1 Å². The van der Waals surface area contributed by atoms with Gasteiger partial charge in [0.25, 0.3) is 0 Å². The molecule has 25 heavy (non-hydrogen) atoms. The Labute approximate surface area is 147 Å². The van der Waals surface area contributed by atoms with E-state index >= 15 is 0 Å². The van der Waals surface area contributed by atoms with E-state index in [4.69, 9.17) is 4.98 Å². The summed E-state index contributed by atoms with van der Waals surface area (Å²) in [6, 6.07) is 14.3. The molecule has 1 N–H and O–H groups in total. The molecule has 3 aromatic rings. The standard InChI is InChI=1S/C21H23N3O/c1-2-6-20-23-18-9-3-4-10-19(18)24(20)14-21(25)22-17-12-11-15-7-5-8-16(15)13-17/h3-4,9-13H,2,5-8,14H2,1H3,(H,22,25). The highest BCUT2D eigenvalue weighted by Crippen LogP contribution is 2.25. The molecule has 1 aliphatic rings. The molecule has 1 aromatic heterocycles. The molecule has 0 saturated heterocycles. The van der Waals surface area contributed by atoms with E-state index in [2.05, 4.69) is 24.4 Å². The first kappa shape index (κ1) is 15.9. The van der Waals surface area contributed by atoms with Gasteiger partial charge in [-0.15, -0.1) is 0 Å². The van der Waals surface area contributed by atoms with Crippen molar-refractivity contribution in [1.82, 2.24) is 9.55 Å². The molecule has 1 amide bonds. The molecule has 4 rings (SSSR count). The fraction of sp³-hybridized carbons (Fsp3) is 0.333. The number of anilines is 1. The smallest absolute Gasteiger partial charge is 0.244 e. The fourth-order valence-corrected chi connectivity index (χ4v) is 3.71. The number of benzene rings is 2.